The number of nitrogens with zero attached hydrogens (tertiary/aromatic N) is 4. The van der Waals surface area contributed by atoms with Crippen LogP contribution in [0.2, 0.25) is 0 Å². The van der Waals surface area contributed by atoms with E-state index in [-0.39, 0.29) is 24.7 Å². The minimum absolute atomic E-state index is 0. The molecule has 4 heterocycles. The van der Waals surface area contributed by atoms with Gasteiger partial charge in [0.15, 0.2) is 12.1 Å². The number of pyridine rings is 1. The van der Waals surface area contributed by atoms with Crippen molar-refractivity contribution < 1.29 is 35.8 Å². The van der Waals surface area contributed by atoms with Crippen molar-refractivity contribution in [1.82, 2.24) is 19.7 Å². The zero-order valence-electron chi connectivity index (χ0n) is 32.9. The Morgan fingerprint density at radius 1 is 1.04 bits per heavy atom. The van der Waals surface area contributed by atoms with Crippen LogP contribution in [0, 0.1) is 17.3 Å². The number of likely N-dealkylation sites (N-methyl/N-ethyl adjacent to an activating group) is 1. The molecule has 1 unspecified atom stereocenters. The SMILES string of the molecule is CO[C@]1(C)CC(C)CN(C)CC2(CCN(Cc3ccc4cnccc4c3)CC2)OC(=O)C(C)(C)C(=O)[C@H](C)C1.C[C@@H]1C[C@H](N(C)C)C[C@H](O)O1.O.[HH]. The van der Waals surface area contributed by atoms with Gasteiger partial charge in [0, 0.05) is 90.3 Å². The van der Waals surface area contributed by atoms with Gasteiger partial charge in [-0.3, -0.25) is 19.5 Å². The van der Waals surface area contributed by atoms with Crippen molar-refractivity contribution >= 4 is 22.5 Å². The van der Waals surface area contributed by atoms with Crippen molar-refractivity contribution in [3.8, 4) is 0 Å². The number of hydrogen-bond acceptors (Lipinski definition) is 10. The van der Waals surface area contributed by atoms with Gasteiger partial charge in [-0.15, -0.1) is 0 Å². The van der Waals surface area contributed by atoms with Crippen LogP contribution >= 0.6 is 0 Å². The monoisotopic (exact) mass is 717 g/mol. The largest absolute Gasteiger partial charge is 0.457 e. The maximum Gasteiger partial charge on any atom is 0.319 e. The molecule has 2 aromatic rings. The Bertz CT molecular complexity index is 1430. The number of benzene rings is 1. The summed E-state index contributed by atoms with van der Waals surface area (Å²) < 4.78 is 17.5. The minimum atomic E-state index is -1.21. The van der Waals surface area contributed by atoms with Crippen LogP contribution in [0.4, 0.5) is 0 Å². The van der Waals surface area contributed by atoms with Crippen molar-refractivity contribution in [3.63, 3.8) is 0 Å². The number of aliphatic hydroxyl groups excluding tert-OH is 1. The van der Waals surface area contributed by atoms with E-state index >= 15 is 0 Å². The van der Waals surface area contributed by atoms with Crippen molar-refractivity contribution in [2.24, 2.45) is 17.3 Å². The molecule has 11 heteroatoms. The quantitative estimate of drug-likeness (QED) is 0.342. The van der Waals surface area contributed by atoms with Crippen LogP contribution in [0.15, 0.2) is 36.7 Å². The van der Waals surface area contributed by atoms with E-state index < -0.39 is 28.9 Å². The van der Waals surface area contributed by atoms with E-state index in [1.165, 1.54) is 10.9 Å². The van der Waals surface area contributed by atoms with E-state index in [1.54, 1.807) is 21.0 Å². The van der Waals surface area contributed by atoms with Gasteiger partial charge in [-0.2, -0.15) is 0 Å². The van der Waals surface area contributed by atoms with Gasteiger partial charge in [-0.05, 0) is 97.1 Å². The van der Waals surface area contributed by atoms with Gasteiger partial charge in [0.05, 0.1) is 11.7 Å². The Kier molecular flexibility index (Phi) is 15.2. The number of carbonyl (C=O) groups is 2. The van der Waals surface area contributed by atoms with Gasteiger partial charge < -0.3 is 34.6 Å². The highest BCUT2D eigenvalue weighted by atomic mass is 16.6. The normalized spacial score (nSPS) is 31.0. The molecule has 0 bridgehead atoms. The third-order valence-electron chi connectivity index (χ3n) is 11.2. The van der Waals surface area contributed by atoms with Crippen LogP contribution in [0.3, 0.4) is 0 Å². The standard InChI is InChI=1S/C32H47N3O4.C8H17NO2.H2O.H2/c1-23-17-31(5,38-7)18-24(2)28(36)30(3,4)29(37)39-32(22-34(6)20-23)11-14-35(15-12-32)21-25-8-9-27-19-33-13-10-26(27)16-25;1-6-4-7(9(2)3)5-8(10)11-6;;/h8-10,13,16,19,23-24H,11-12,14-15,17-18,20-22H2,1-7H3;6-8,10H,4-5H2,1-3H3;1H2;1H/t23?,24-,31-;6-,7+,8-;;/m11../s1. The van der Waals surface area contributed by atoms with E-state index in [0.717, 1.165) is 63.7 Å². The number of esters is 1. The molecular weight excluding hydrogens is 648 g/mol. The summed E-state index contributed by atoms with van der Waals surface area (Å²) in [5.74, 6) is -0.420. The van der Waals surface area contributed by atoms with Crippen LogP contribution < -0.4 is 0 Å². The van der Waals surface area contributed by atoms with E-state index in [9.17, 15) is 14.7 Å². The van der Waals surface area contributed by atoms with Crippen LogP contribution in [0.25, 0.3) is 10.8 Å². The lowest BCUT2D eigenvalue weighted by Gasteiger charge is -2.44. The van der Waals surface area contributed by atoms with Gasteiger partial charge in [0.1, 0.15) is 11.0 Å². The number of aromatic nitrogens is 1. The first kappa shape index (κ1) is 42.9. The van der Waals surface area contributed by atoms with Gasteiger partial charge >= 0.3 is 5.97 Å². The van der Waals surface area contributed by atoms with Gasteiger partial charge in [-0.1, -0.05) is 26.0 Å². The van der Waals surface area contributed by atoms with Crippen molar-refractivity contribution in [2.45, 2.75) is 116 Å². The molecule has 5 rings (SSSR count). The summed E-state index contributed by atoms with van der Waals surface area (Å²) in [4.78, 5) is 38.3. The highest BCUT2D eigenvalue weighted by Crippen LogP contribution is 2.37. The van der Waals surface area contributed by atoms with E-state index in [4.69, 9.17) is 14.2 Å². The molecule has 1 aromatic heterocycles. The number of hydrogen-bond donors (Lipinski definition) is 1. The first-order valence-corrected chi connectivity index (χ1v) is 18.5. The van der Waals surface area contributed by atoms with E-state index in [0.29, 0.717) is 24.9 Å². The maximum atomic E-state index is 13.7. The fourth-order valence-corrected chi connectivity index (χ4v) is 8.33. The predicted molar refractivity (Wildman–Crippen MR) is 203 cm³/mol. The fraction of sp³-hybridized carbons (Fsp3) is 0.725. The average Bonchev–Trinajstić information content (AvgIpc) is 3.04. The Hall–Kier alpha value is -2.51. The first-order valence-electron chi connectivity index (χ1n) is 18.5. The topological polar surface area (TPSA) is 136 Å². The van der Waals surface area contributed by atoms with Crippen LogP contribution in [0.5, 0.6) is 0 Å². The summed E-state index contributed by atoms with van der Waals surface area (Å²) >= 11 is 0. The molecule has 0 radical (unpaired) electrons. The zero-order chi connectivity index (χ0) is 36.9. The highest BCUT2D eigenvalue weighted by Gasteiger charge is 2.47. The third-order valence-corrected chi connectivity index (χ3v) is 11.2. The molecule has 6 atom stereocenters. The Morgan fingerprint density at radius 3 is 2.35 bits per heavy atom. The van der Waals surface area contributed by atoms with Gasteiger partial charge in [0.2, 0.25) is 0 Å². The third kappa shape index (κ3) is 11.5. The first-order chi connectivity index (χ1) is 23.4. The van der Waals surface area contributed by atoms with Crippen molar-refractivity contribution in [3.05, 3.63) is 42.2 Å². The van der Waals surface area contributed by atoms with E-state index in [2.05, 4.69) is 58.8 Å². The Balaban J connectivity index is 0.000000618. The van der Waals surface area contributed by atoms with Crippen molar-refractivity contribution in [2.75, 3.05) is 54.4 Å². The molecule has 3 aliphatic heterocycles. The highest BCUT2D eigenvalue weighted by molar-refractivity contribution is 6.04. The smallest absolute Gasteiger partial charge is 0.319 e. The minimum Gasteiger partial charge on any atom is -0.457 e. The van der Waals surface area contributed by atoms with Gasteiger partial charge in [0.25, 0.3) is 0 Å². The second kappa shape index (κ2) is 18.0. The summed E-state index contributed by atoms with van der Waals surface area (Å²) in [6.45, 7) is 15.7. The number of methoxy groups -OCH3 is 1. The molecule has 0 amide bonds. The van der Waals surface area contributed by atoms with Crippen molar-refractivity contribution in [1.29, 1.82) is 0 Å². The molecule has 3 N–H and O–H groups in total. The number of carbonyl (C=O) groups excluding carboxylic acids is 2. The number of likely N-dealkylation sites (tertiary alicyclic amines) is 1. The summed E-state index contributed by atoms with van der Waals surface area (Å²) in [7, 11) is 7.92. The number of rotatable bonds is 4. The van der Waals surface area contributed by atoms with E-state index in [1.807, 2.05) is 46.4 Å². The zero-order valence-corrected chi connectivity index (χ0v) is 32.9. The molecule has 51 heavy (non-hydrogen) atoms. The number of fused-ring (bicyclic) bond motifs is 1. The molecule has 3 aliphatic rings. The van der Waals surface area contributed by atoms with Crippen LogP contribution in [-0.4, -0.2) is 126 Å². The number of Topliss-reactive ketones (excluding diaryl/α,β-unsaturated/α-hetero) is 1. The Morgan fingerprint density at radius 2 is 1.73 bits per heavy atom. The Labute approximate surface area is 307 Å². The fourth-order valence-electron chi connectivity index (χ4n) is 8.33. The summed E-state index contributed by atoms with van der Waals surface area (Å²) in [5.41, 5.74) is -0.983. The molecule has 0 aliphatic carbocycles. The molecule has 3 saturated heterocycles. The lowest BCUT2D eigenvalue weighted by molar-refractivity contribution is -0.180. The second-order valence-electron chi connectivity index (χ2n) is 16.7. The molecule has 290 valence electrons. The average molecular weight is 717 g/mol. The number of ketones is 1. The van der Waals surface area contributed by atoms with Gasteiger partial charge in [-0.25, -0.2) is 0 Å². The molecule has 3 fully saturated rings. The number of ether oxygens (including phenoxy) is 3. The van der Waals surface area contributed by atoms with Crippen LogP contribution in [-0.2, 0) is 30.3 Å². The summed E-state index contributed by atoms with van der Waals surface area (Å²) in [6.07, 6.45) is 8.01. The van der Waals surface area contributed by atoms with Crippen LogP contribution in [0.1, 0.15) is 87.1 Å². The summed E-state index contributed by atoms with van der Waals surface area (Å²) in [6, 6.07) is 9.05. The molecule has 1 spiro atoms. The predicted octanol–water partition coefficient (Wildman–Crippen LogP) is 4.97. The number of piperidine rings is 1. The lowest BCUT2D eigenvalue weighted by atomic mass is 9.76. The molecule has 1 aromatic carbocycles. The molecular formula is C40H68N4O7. The molecule has 0 saturated carbocycles. The lowest BCUT2D eigenvalue weighted by Crippen LogP contribution is -2.55. The summed E-state index contributed by atoms with van der Waals surface area (Å²) in [5, 5.41) is 11.6. The second-order valence-corrected chi connectivity index (χ2v) is 16.7. The number of aliphatic hydroxyl groups is 1. The maximum absolute atomic E-state index is 13.7. The molecule has 11 nitrogen and oxygen atoms in total.